The summed E-state index contributed by atoms with van der Waals surface area (Å²) in [5.74, 6) is 0.956. The minimum absolute atomic E-state index is 0.138. The number of hydrogen-bond donors (Lipinski definition) is 1. The van der Waals surface area contributed by atoms with E-state index in [1.165, 1.54) is 0 Å². The summed E-state index contributed by atoms with van der Waals surface area (Å²) in [4.78, 5) is 25.2. The van der Waals surface area contributed by atoms with Crippen molar-refractivity contribution in [3.63, 3.8) is 0 Å². The van der Waals surface area contributed by atoms with Crippen LogP contribution in [0.1, 0.15) is 46.1 Å². The van der Waals surface area contributed by atoms with E-state index in [0.29, 0.717) is 22.7 Å². The smallest absolute Gasteiger partial charge is 0.291 e. The van der Waals surface area contributed by atoms with Gasteiger partial charge >= 0.3 is 0 Å². The number of furan rings is 1. The summed E-state index contributed by atoms with van der Waals surface area (Å²) in [7, 11) is 0. The SMILES string of the molecule is CC(C)Cc1ccc(C(=O)Nc2ccccc2C(=O)c2ccccc2)o1. The maximum Gasteiger partial charge on any atom is 0.291 e. The summed E-state index contributed by atoms with van der Waals surface area (Å²) in [6.07, 6.45) is 0.774. The van der Waals surface area contributed by atoms with Gasteiger partial charge in [0.2, 0.25) is 0 Å². The number of ketones is 1. The molecule has 0 atom stereocenters. The molecule has 26 heavy (non-hydrogen) atoms. The van der Waals surface area contributed by atoms with E-state index in [4.69, 9.17) is 4.42 Å². The summed E-state index contributed by atoms with van der Waals surface area (Å²) >= 11 is 0. The largest absolute Gasteiger partial charge is 0.456 e. The highest BCUT2D eigenvalue weighted by Gasteiger charge is 2.17. The Hall–Kier alpha value is -3.14. The Morgan fingerprint density at radius 2 is 1.62 bits per heavy atom. The molecule has 3 aromatic rings. The molecule has 1 aromatic heterocycles. The Morgan fingerprint density at radius 3 is 2.35 bits per heavy atom. The van der Waals surface area contributed by atoms with Crippen LogP contribution in [-0.2, 0) is 6.42 Å². The van der Waals surface area contributed by atoms with E-state index in [2.05, 4.69) is 19.2 Å². The Kier molecular flexibility index (Phi) is 5.32. The molecule has 0 bridgehead atoms. The van der Waals surface area contributed by atoms with Gasteiger partial charge in [0, 0.05) is 17.5 Å². The number of nitrogens with one attached hydrogen (secondary N) is 1. The standard InChI is InChI=1S/C22H21NO3/c1-15(2)14-17-12-13-20(26-17)22(25)23-19-11-7-6-10-18(19)21(24)16-8-4-3-5-9-16/h3-13,15H,14H2,1-2H3,(H,23,25). The molecule has 1 N–H and O–H groups in total. The van der Waals surface area contributed by atoms with Gasteiger partial charge in [-0.25, -0.2) is 0 Å². The van der Waals surface area contributed by atoms with Crippen LogP contribution in [0.15, 0.2) is 71.1 Å². The molecule has 1 heterocycles. The minimum atomic E-state index is -0.367. The lowest BCUT2D eigenvalue weighted by Gasteiger charge is -2.09. The first-order valence-corrected chi connectivity index (χ1v) is 8.63. The average molecular weight is 347 g/mol. The lowest BCUT2D eigenvalue weighted by atomic mass is 10.0. The molecular formula is C22H21NO3. The lowest BCUT2D eigenvalue weighted by molar-refractivity contribution is 0.0994. The van der Waals surface area contributed by atoms with Gasteiger partial charge in [0.1, 0.15) is 5.76 Å². The summed E-state index contributed by atoms with van der Waals surface area (Å²) < 4.78 is 5.62. The Morgan fingerprint density at radius 1 is 0.923 bits per heavy atom. The van der Waals surface area contributed by atoms with Crippen LogP contribution in [0.3, 0.4) is 0 Å². The van der Waals surface area contributed by atoms with Crippen molar-refractivity contribution in [2.24, 2.45) is 5.92 Å². The number of benzene rings is 2. The third-order valence-corrected chi connectivity index (χ3v) is 3.95. The van der Waals surface area contributed by atoms with Crippen molar-refractivity contribution in [1.82, 2.24) is 0 Å². The molecular weight excluding hydrogens is 326 g/mol. The fourth-order valence-electron chi connectivity index (χ4n) is 2.73. The van der Waals surface area contributed by atoms with E-state index in [0.717, 1.165) is 12.2 Å². The van der Waals surface area contributed by atoms with Crippen molar-refractivity contribution >= 4 is 17.4 Å². The molecule has 0 aliphatic heterocycles. The van der Waals surface area contributed by atoms with E-state index in [-0.39, 0.29) is 17.5 Å². The fraction of sp³-hybridized carbons (Fsp3) is 0.182. The molecule has 3 rings (SSSR count). The monoisotopic (exact) mass is 347 g/mol. The fourth-order valence-corrected chi connectivity index (χ4v) is 2.73. The van der Waals surface area contributed by atoms with Crippen molar-refractivity contribution in [3.8, 4) is 0 Å². The molecule has 4 nitrogen and oxygen atoms in total. The van der Waals surface area contributed by atoms with Crippen LogP contribution in [0.4, 0.5) is 5.69 Å². The maximum atomic E-state index is 12.7. The number of hydrogen-bond acceptors (Lipinski definition) is 3. The molecule has 2 aromatic carbocycles. The second-order valence-corrected chi connectivity index (χ2v) is 6.56. The van der Waals surface area contributed by atoms with Gasteiger partial charge in [-0.3, -0.25) is 9.59 Å². The van der Waals surface area contributed by atoms with Crippen molar-refractivity contribution in [1.29, 1.82) is 0 Å². The second-order valence-electron chi connectivity index (χ2n) is 6.56. The van der Waals surface area contributed by atoms with Crippen molar-refractivity contribution in [2.45, 2.75) is 20.3 Å². The Bertz CT molecular complexity index is 910. The quantitative estimate of drug-likeness (QED) is 0.641. The van der Waals surface area contributed by atoms with Gasteiger partial charge in [0.15, 0.2) is 11.5 Å². The van der Waals surface area contributed by atoms with Crippen LogP contribution in [0, 0.1) is 5.92 Å². The first-order chi connectivity index (χ1) is 12.5. The van der Waals surface area contributed by atoms with Gasteiger partial charge in [-0.15, -0.1) is 0 Å². The van der Waals surface area contributed by atoms with E-state index in [9.17, 15) is 9.59 Å². The number of amides is 1. The van der Waals surface area contributed by atoms with Crippen LogP contribution >= 0.6 is 0 Å². The number of rotatable bonds is 6. The van der Waals surface area contributed by atoms with Gasteiger partial charge < -0.3 is 9.73 Å². The number of para-hydroxylation sites is 1. The van der Waals surface area contributed by atoms with Gasteiger partial charge in [-0.1, -0.05) is 56.3 Å². The first kappa shape index (κ1) is 17.7. The predicted molar refractivity (Wildman–Crippen MR) is 102 cm³/mol. The van der Waals surface area contributed by atoms with Gasteiger partial charge in [-0.2, -0.15) is 0 Å². The van der Waals surface area contributed by atoms with Gasteiger partial charge in [0.05, 0.1) is 5.69 Å². The zero-order valence-corrected chi connectivity index (χ0v) is 14.9. The number of carbonyl (C=O) groups excluding carboxylic acids is 2. The van der Waals surface area contributed by atoms with E-state index >= 15 is 0 Å². The molecule has 4 heteroatoms. The third-order valence-electron chi connectivity index (χ3n) is 3.95. The molecule has 1 amide bonds. The van der Waals surface area contributed by atoms with Gasteiger partial charge in [-0.05, 0) is 30.2 Å². The molecule has 0 fully saturated rings. The summed E-state index contributed by atoms with van der Waals surface area (Å²) in [6.45, 7) is 4.18. The van der Waals surface area contributed by atoms with Crippen molar-refractivity contribution in [3.05, 3.63) is 89.4 Å². The zero-order valence-electron chi connectivity index (χ0n) is 14.9. The maximum absolute atomic E-state index is 12.7. The van der Waals surface area contributed by atoms with Crippen LogP contribution in [0.25, 0.3) is 0 Å². The number of carbonyl (C=O) groups is 2. The zero-order chi connectivity index (χ0) is 18.5. The van der Waals surface area contributed by atoms with E-state index in [1.807, 2.05) is 24.3 Å². The van der Waals surface area contributed by atoms with E-state index in [1.54, 1.807) is 42.5 Å². The highest BCUT2D eigenvalue weighted by atomic mass is 16.3. The van der Waals surface area contributed by atoms with Crippen molar-refractivity contribution in [2.75, 3.05) is 5.32 Å². The van der Waals surface area contributed by atoms with Crippen LogP contribution in [0.5, 0.6) is 0 Å². The number of anilines is 1. The van der Waals surface area contributed by atoms with Crippen LogP contribution in [0.2, 0.25) is 0 Å². The third kappa shape index (κ3) is 4.09. The molecule has 0 aliphatic carbocycles. The van der Waals surface area contributed by atoms with Crippen LogP contribution in [-0.4, -0.2) is 11.7 Å². The molecule has 0 unspecified atom stereocenters. The predicted octanol–water partition coefficient (Wildman–Crippen LogP) is 4.96. The van der Waals surface area contributed by atoms with Gasteiger partial charge in [0.25, 0.3) is 5.91 Å². The topological polar surface area (TPSA) is 59.3 Å². The van der Waals surface area contributed by atoms with Crippen LogP contribution < -0.4 is 5.32 Å². The Labute approximate surface area is 152 Å². The molecule has 0 saturated carbocycles. The molecule has 0 saturated heterocycles. The minimum Gasteiger partial charge on any atom is -0.456 e. The normalized spacial score (nSPS) is 10.7. The summed E-state index contributed by atoms with van der Waals surface area (Å²) in [5, 5.41) is 2.79. The van der Waals surface area contributed by atoms with Crippen molar-refractivity contribution < 1.29 is 14.0 Å². The van der Waals surface area contributed by atoms with E-state index < -0.39 is 0 Å². The Balaban J connectivity index is 1.81. The summed E-state index contributed by atoms with van der Waals surface area (Å²) in [5.41, 5.74) is 1.49. The lowest BCUT2D eigenvalue weighted by Crippen LogP contribution is -2.14. The molecule has 132 valence electrons. The average Bonchev–Trinajstić information content (AvgIpc) is 3.10. The second kappa shape index (κ2) is 7.83. The highest BCUT2D eigenvalue weighted by molar-refractivity contribution is 6.14. The first-order valence-electron chi connectivity index (χ1n) is 8.63. The molecule has 0 spiro atoms. The summed E-state index contributed by atoms with van der Waals surface area (Å²) in [6, 6.07) is 19.4. The molecule has 0 radical (unpaired) electrons. The molecule has 0 aliphatic rings. The highest BCUT2D eigenvalue weighted by Crippen LogP contribution is 2.21.